The van der Waals surface area contributed by atoms with E-state index in [4.69, 9.17) is 0 Å². The predicted molar refractivity (Wildman–Crippen MR) is 110 cm³/mol. The summed E-state index contributed by atoms with van der Waals surface area (Å²) in [5.74, 6) is -0.920. The minimum atomic E-state index is -4.83. The molecule has 10 heteroatoms. The Labute approximate surface area is 181 Å². The van der Waals surface area contributed by atoms with Crippen LogP contribution in [-0.2, 0) is 11.3 Å². The second-order valence-corrected chi connectivity index (χ2v) is 6.93. The first-order valence-electron chi connectivity index (χ1n) is 9.53. The number of pyridine rings is 1. The van der Waals surface area contributed by atoms with Crippen molar-refractivity contribution in [1.82, 2.24) is 9.88 Å². The largest absolute Gasteiger partial charge is 0.573 e. The Balaban J connectivity index is 1.49. The Hall–Kier alpha value is -4.08. The fourth-order valence-corrected chi connectivity index (χ4v) is 3.28. The van der Waals surface area contributed by atoms with E-state index in [-0.39, 0.29) is 18.8 Å². The van der Waals surface area contributed by atoms with Gasteiger partial charge in [0, 0.05) is 11.9 Å². The number of carbonyl (C=O) groups excluding carboxylic acids is 2. The van der Waals surface area contributed by atoms with Crippen molar-refractivity contribution in [1.29, 1.82) is 0 Å². The Bertz CT molecular complexity index is 1120. The number of imide groups is 1. The summed E-state index contributed by atoms with van der Waals surface area (Å²) < 4.78 is 40.8. The average molecular weight is 442 g/mol. The normalized spacial score (nSPS) is 14.1. The zero-order valence-corrected chi connectivity index (χ0v) is 16.5. The van der Waals surface area contributed by atoms with Crippen molar-refractivity contribution in [3.63, 3.8) is 0 Å². The summed E-state index contributed by atoms with van der Waals surface area (Å²) in [5.41, 5.74) is 2.44. The van der Waals surface area contributed by atoms with Gasteiger partial charge in [0.2, 0.25) is 0 Å². The second kappa shape index (κ2) is 8.58. The van der Waals surface area contributed by atoms with Crippen LogP contribution in [0.15, 0.2) is 73.1 Å². The van der Waals surface area contributed by atoms with Crippen molar-refractivity contribution in [2.45, 2.75) is 12.9 Å². The van der Waals surface area contributed by atoms with Crippen LogP contribution >= 0.6 is 0 Å². The van der Waals surface area contributed by atoms with Crippen molar-refractivity contribution >= 4 is 29.0 Å². The van der Waals surface area contributed by atoms with E-state index in [0.717, 1.165) is 28.3 Å². The highest BCUT2D eigenvalue weighted by atomic mass is 19.4. The summed E-state index contributed by atoms with van der Waals surface area (Å²) >= 11 is 0. The zero-order chi connectivity index (χ0) is 22.7. The number of ether oxygens (including phenoxy) is 1. The Morgan fingerprint density at radius 1 is 1.00 bits per heavy atom. The highest BCUT2D eigenvalue weighted by Gasteiger charge is 2.37. The highest BCUT2D eigenvalue weighted by Crippen LogP contribution is 2.29. The lowest BCUT2D eigenvalue weighted by Gasteiger charge is -2.19. The number of amides is 3. The van der Waals surface area contributed by atoms with Gasteiger partial charge in [-0.3, -0.25) is 9.78 Å². The number of para-hydroxylation sites is 1. The van der Waals surface area contributed by atoms with Crippen LogP contribution in [0.3, 0.4) is 0 Å². The van der Waals surface area contributed by atoms with Crippen molar-refractivity contribution in [3.05, 3.63) is 78.6 Å². The number of nitrogens with zero attached hydrogens (tertiary/aromatic N) is 3. The van der Waals surface area contributed by atoms with Crippen molar-refractivity contribution in [2.24, 2.45) is 0 Å². The third kappa shape index (κ3) is 4.80. The van der Waals surface area contributed by atoms with Crippen molar-refractivity contribution < 1.29 is 27.5 Å². The number of anilines is 3. The average Bonchev–Trinajstić information content (AvgIpc) is 3.03. The molecule has 1 fully saturated rings. The topological polar surface area (TPSA) is 74.8 Å². The number of urea groups is 1. The molecule has 1 aliphatic heterocycles. The standard InChI is InChI=1S/C22H17F3N4O3/c23-22(24,25)32-18-8-6-17(7-9-18)29-20(30)14-28(21(29)31)13-15-10-11-26-12-19(15)27-16-4-2-1-3-5-16/h1-12,27H,13-14H2. The van der Waals surface area contributed by atoms with Crippen molar-refractivity contribution in [3.8, 4) is 5.75 Å². The first-order valence-corrected chi connectivity index (χ1v) is 9.53. The molecule has 0 saturated carbocycles. The molecule has 2 heterocycles. The first kappa shape index (κ1) is 21.2. The van der Waals surface area contributed by atoms with E-state index in [1.54, 1.807) is 18.5 Å². The Kier molecular flexibility index (Phi) is 5.67. The zero-order valence-electron chi connectivity index (χ0n) is 16.5. The molecule has 0 bridgehead atoms. The number of nitrogens with one attached hydrogen (secondary N) is 1. The molecule has 7 nitrogen and oxygen atoms in total. The van der Waals surface area contributed by atoms with E-state index >= 15 is 0 Å². The summed E-state index contributed by atoms with van der Waals surface area (Å²) in [5, 5.41) is 3.24. The number of alkyl halides is 3. The monoisotopic (exact) mass is 442 g/mol. The van der Waals surface area contributed by atoms with E-state index < -0.39 is 24.1 Å². The number of hydrogen-bond donors (Lipinski definition) is 1. The van der Waals surface area contributed by atoms with Gasteiger partial charge in [-0.15, -0.1) is 13.2 Å². The van der Waals surface area contributed by atoms with Gasteiger partial charge in [0.1, 0.15) is 12.3 Å². The maximum absolute atomic E-state index is 12.9. The Morgan fingerprint density at radius 2 is 1.72 bits per heavy atom. The minimum Gasteiger partial charge on any atom is -0.406 e. The highest BCUT2D eigenvalue weighted by molar-refractivity contribution is 6.19. The van der Waals surface area contributed by atoms with Crippen LogP contribution in [0, 0.1) is 0 Å². The molecule has 32 heavy (non-hydrogen) atoms. The van der Waals surface area contributed by atoms with E-state index in [0.29, 0.717) is 5.69 Å². The van der Waals surface area contributed by atoms with Crippen molar-refractivity contribution in [2.75, 3.05) is 16.8 Å². The lowest BCUT2D eigenvalue weighted by atomic mass is 10.2. The number of hydrogen-bond acceptors (Lipinski definition) is 5. The molecule has 1 N–H and O–H groups in total. The van der Waals surface area contributed by atoms with Gasteiger partial charge >= 0.3 is 12.4 Å². The first-order chi connectivity index (χ1) is 15.3. The number of rotatable bonds is 6. The maximum Gasteiger partial charge on any atom is 0.573 e. The SMILES string of the molecule is O=C1CN(Cc2ccncc2Nc2ccccc2)C(=O)N1c1ccc(OC(F)(F)F)cc1. The lowest BCUT2D eigenvalue weighted by Crippen LogP contribution is -2.32. The third-order valence-electron chi connectivity index (χ3n) is 4.69. The molecule has 0 radical (unpaired) electrons. The fraction of sp³-hybridized carbons (Fsp3) is 0.136. The van der Waals surface area contributed by atoms with Gasteiger partial charge in [-0.1, -0.05) is 18.2 Å². The van der Waals surface area contributed by atoms with Crippen LogP contribution < -0.4 is 15.0 Å². The lowest BCUT2D eigenvalue weighted by molar-refractivity contribution is -0.274. The molecule has 1 aromatic heterocycles. The predicted octanol–water partition coefficient (Wildman–Crippen LogP) is 4.69. The van der Waals surface area contributed by atoms with Gasteiger partial charge in [-0.05, 0) is 48.0 Å². The molecular weight excluding hydrogens is 425 g/mol. The molecular formula is C22H17F3N4O3. The summed E-state index contributed by atoms with van der Waals surface area (Å²) in [6.45, 7) is -0.0131. The van der Waals surface area contributed by atoms with Crippen LogP contribution in [0.4, 0.5) is 35.0 Å². The summed E-state index contributed by atoms with van der Waals surface area (Å²) in [7, 11) is 0. The van der Waals surface area contributed by atoms with E-state index in [2.05, 4.69) is 15.0 Å². The molecule has 3 aromatic rings. The maximum atomic E-state index is 12.9. The van der Waals surface area contributed by atoms with Crippen LogP contribution in [0.5, 0.6) is 5.75 Å². The van der Waals surface area contributed by atoms with Crippen LogP contribution in [-0.4, -0.2) is 34.7 Å². The molecule has 0 aliphatic carbocycles. The third-order valence-corrected chi connectivity index (χ3v) is 4.69. The van der Waals surface area contributed by atoms with Gasteiger partial charge < -0.3 is 15.0 Å². The van der Waals surface area contributed by atoms with Gasteiger partial charge in [0.05, 0.1) is 24.1 Å². The van der Waals surface area contributed by atoms with Crippen LogP contribution in [0.1, 0.15) is 5.56 Å². The molecule has 1 saturated heterocycles. The Morgan fingerprint density at radius 3 is 2.41 bits per heavy atom. The molecule has 4 rings (SSSR count). The van der Waals surface area contributed by atoms with E-state index in [9.17, 15) is 22.8 Å². The number of carbonyl (C=O) groups is 2. The van der Waals surface area contributed by atoms with E-state index in [1.807, 2.05) is 30.3 Å². The number of aromatic nitrogens is 1. The number of benzene rings is 2. The smallest absolute Gasteiger partial charge is 0.406 e. The van der Waals surface area contributed by atoms with Crippen LogP contribution in [0.2, 0.25) is 0 Å². The summed E-state index contributed by atoms with van der Waals surface area (Å²) in [6.07, 6.45) is -1.61. The molecule has 164 valence electrons. The molecule has 0 unspecified atom stereocenters. The quantitative estimate of drug-likeness (QED) is 0.561. The summed E-state index contributed by atoms with van der Waals surface area (Å²) in [6, 6.07) is 15.2. The molecule has 1 aliphatic rings. The van der Waals surface area contributed by atoms with Gasteiger partial charge in [-0.25, -0.2) is 9.69 Å². The fourth-order valence-electron chi connectivity index (χ4n) is 3.28. The second-order valence-electron chi connectivity index (χ2n) is 6.93. The number of halogens is 3. The van der Waals surface area contributed by atoms with Gasteiger partial charge in [0.25, 0.3) is 5.91 Å². The van der Waals surface area contributed by atoms with Gasteiger partial charge in [0.15, 0.2) is 0 Å². The van der Waals surface area contributed by atoms with Gasteiger partial charge in [-0.2, -0.15) is 0 Å². The summed E-state index contributed by atoms with van der Waals surface area (Å²) in [4.78, 5) is 31.8. The van der Waals surface area contributed by atoms with Crippen LogP contribution in [0.25, 0.3) is 0 Å². The molecule has 0 spiro atoms. The molecule has 3 amide bonds. The molecule has 0 atom stereocenters. The van der Waals surface area contributed by atoms with E-state index in [1.165, 1.54) is 17.0 Å². The minimum absolute atomic E-state index is 0.147. The molecule has 2 aromatic carbocycles.